The Bertz CT molecular complexity index is 813. The SMILES string of the molecule is COc1ccc(N2CCN([C@@H](C)C(=O)Nc3ccc(C(N)=O)cc3)CC2)cc1. The van der Waals surface area contributed by atoms with E-state index in [0.717, 1.165) is 37.6 Å². The predicted molar refractivity (Wildman–Crippen MR) is 110 cm³/mol. The molecule has 7 heteroatoms. The van der Waals surface area contributed by atoms with E-state index in [2.05, 4.69) is 27.2 Å². The van der Waals surface area contributed by atoms with Gasteiger partial charge in [-0.3, -0.25) is 14.5 Å². The number of carbonyl (C=O) groups excluding carboxylic acids is 2. The van der Waals surface area contributed by atoms with Gasteiger partial charge >= 0.3 is 0 Å². The summed E-state index contributed by atoms with van der Waals surface area (Å²) in [6.45, 7) is 5.24. The maximum atomic E-state index is 12.6. The van der Waals surface area contributed by atoms with Gasteiger partial charge in [-0.2, -0.15) is 0 Å². The van der Waals surface area contributed by atoms with Crippen LogP contribution >= 0.6 is 0 Å². The lowest BCUT2D eigenvalue weighted by molar-refractivity contribution is -0.120. The van der Waals surface area contributed by atoms with Crippen LogP contribution < -0.4 is 20.7 Å². The zero-order valence-corrected chi connectivity index (χ0v) is 16.2. The molecule has 0 radical (unpaired) electrons. The lowest BCUT2D eigenvalue weighted by Gasteiger charge is -2.38. The molecule has 28 heavy (non-hydrogen) atoms. The number of ether oxygens (including phenoxy) is 1. The van der Waals surface area contributed by atoms with Gasteiger partial charge < -0.3 is 20.7 Å². The second-order valence-electron chi connectivity index (χ2n) is 6.83. The van der Waals surface area contributed by atoms with Crippen LogP contribution in [0, 0.1) is 0 Å². The first-order valence-electron chi connectivity index (χ1n) is 9.31. The Balaban J connectivity index is 1.52. The maximum Gasteiger partial charge on any atom is 0.248 e. The van der Waals surface area contributed by atoms with Gasteiger partial charge in [0.05, 0.1) is 13.2 Å². The Morgan fingerprint density at radius 3 is 2.14 bits per heavy atom. The van der Waals surface area contributed by atoms with E-state index in [9.17, 15) is 9.59 Å². The monoisotopic (exact) mass is 382 g/mol. The fraction of sp³-hybridized carbons (Fsp3) is 0.333. The maximum absolute atomic E-state index is 12.6. The fourth-order valence-electron chi connectivity index (χ4n) is 3.29. The number of methoxy groups -OCH3 is 1. The van der Waals surface area contributed by atoms with Gasteiger partial charge in [0.2, 0.25) is 11.8 Å². The topological polar surface area (TPSA) is 87.9 Å². The molecule has 1 fully saturated rings. The number of rotatable bonds is 6. The number of hydrogen-bond donors (Lipinski definition) is 2. The van der Waals surface area contributed by atoms with E-state index in [1.54, 1.807) is 31.4 Å². The molecule has 2 aromatic carbocycles. The molecule has 1 aliphatic rings. The zero-order valence-electron chi connectivity index (χ0n) is 16.2. The number of nitrogens with one attached hydrogen (secondary N) is 1. The van der Waals surface area contributed by atoms with Crippen molar-refractivity contribution >= 4 is 23.2 Å². The average molecular weight is 382 g/mol. The highest BCUT2D eigenvalue weighted by Gasteiger charge is 2.25. The molecule has 2 amide bonds. The number of nitrogens with two attached hydrogens (primary N) is 1. The predicted octanol–water partition coefficient (Wildman–Crippen LogP) is 1.94. The normalized spacial score (nSPS) is 15.7. The molecule has 1 atom stereocenters. The summed E-state index contributed by atoms with van der Waals surface area (Å²) in [5.74, 6) is 0.294. The number of piperazine rings is 1. The Morgan fingerprint density at radius 2 is 1.61 bits per heavy atom. The summed E-state index contributed by atoms with van der Waals surface area (Å²) in [4.78, 5) is 28.2. The standard InChI is InChI=1S/C21H26N4O3/c1-15(21(27)23-17-5-3-16(4-6-17)20(22)26)24-11-13-25(14-12-24)18-7-9-19(28-2)10-8-18/h3-10,15H,11-14H2,1-2H3,(H2,22,26)(H,23,27)/t15-/m0/s1. The quantitative estimate of drug-likeness (QED) is 0.797. The molecule has 148 valence electrons. The third kappa shape index (κ3) is 4.61. The van der Waals surface area contributed by atoms with Gasteiger partial charge in [-0.1, -0.05) is 0 Å². The van der Waals surface area contributed by atoms with Crippen molar-refractivity contribution in [2.75, 3.05) is 43.5 Å². The summed E-state index contributed by atoms with van der Waals surface area (Å²) in [5, 5.41) is 2.90. The Labute approximate surface area is 165 Å². The lowest BCUT2D eigenvalue weighted by Crippen LogP contribution is -2.52. The lowest BCUT2D eigenvalue weighted by atomic mass is 10.1. The minimum Gasteiger partial charge on any atom is -0.497 e. The summed E-state index contributed by atoms with van der Waals surface area (Å²) < 4.78 is 5.20. The highest BCUT2D eigenvalue weighted by Crippen LogP contribution is 2.21. The zero-order chi connectivity index (χ0) is 20.1. The van der Waals surface area contributed by atoms with E-state index in [1.807, 2.05) is 19.1 Å². The molecular weight excluding hydrogens is 356 g/mol. The van der Waals surface area contributed by atoms with Gasteiger partial charge in [0.25, 0.3) is 0 Å². The van der Waals surface area contributed by atoms with Crippen LogP contribution in [0.1, 0.15) is 17.3 Å². The van der Waals surface area contributed by atoms with Gasteiger partial charge in [-0.25, -0.2) is 0 Å². The Kier molecular flexibility index (Phi) is 6.16. The van der Waals surface area contributed by atoms with Crippen LogP contribution in [0.25, 0.3) is 0 Å². The summed E-state index contributed by atoms with van der Waals surface area (Å²) in [6, 6.07) is 14.4. The van der Waals surface area contributed by atoms with Crippen LogP contribution in [0.5, 0.6) is 5.75 Å². The molecule has 0 aliphatic carbocycles. The van der Waals surface area contributed by atoms with E-state index in [0.29, 0.717) is 11.3 Å². The van der Waals surface area contributed by atoms with Gasteiger partial charge in [0.15, 0.2) is 0 Å². The van der Waals surface area contributed by atoms with Crippen molar-refractivity contribution in [1.29, 1.82) is 0 Å². The minimum absolute atomic E-state index is 0.0651. The molecule has 1 heterocycles. The first-order valence-corrected chi connectivity index (χ1v) is 9.31. The number of hydrogen-bond acceptors (Lipinski definition) is 5. The van der Waals surface area contributed by atoms with Crippen molar-refractivity contribution in [2.45, 2.75) is 13.0 Å². The summed E-state index contributed by atoms with van der Waals surface area (Å²) >= 11 is 0. The second-order valence-corrected chi connectivity index (χ2v) is 6.83. The average Bonchev–Trinajstić information content (AvgIpc) is 2.73. The van der Waals surface area contributed by atoms with E-state index < -0.39 is 5.91 Å². The van der Waals surface area contributed by atoms with Crippen LogP contribution in [-0.4, -0.2) is 56.0 Å². The fourth-order valence-corrected chi connectivity index (χ4v) is 3.29. The number of primary amides is 1. The van der Waals surface area contributed by atoms with Gasteiger partial charge in [0, 0.05) is 43.1 Å². The molecule has 1 saturated heterocycles. The van der Waals surface area contributed by atoms with Crippen molar-refractivity contribution in [3.05, 3.63) is 54.1 Å². The molecule has 2 aromatic rings. The smallest absolute Gasteiger partial charge is 0.248 e. The van der Waals surface area contributed by atoms with E-state index in [1.165, 1.54) is 0 Å². The second kappa shape index (κ2) is 8.75. The molecule has 7 nitrogen and oxygen atoms in total. The Hall–Kier alpha value is -3.06. The van der Waals surface area contributed by atoms with E-state index in [-0.39, 0.29) is 11.9 Å². The molecule has 3 rings (SSSR count). The van der Waals surface area contributed by atoms with Gasteiger partial charge in [0.1, 0.15) is 5.75 Å². The number of anilines is 2. The van der Waals surface area contributed by atoms with Crippen LogP contribution in [0.4, 0.5) is 11.4 Å². The van der Waals surface area contributed by atoms with Crippen LogP contribution in [0.2, 0.25) is 0 Å². The van der Waals surface area contributed by atoms with Gasteiger partial charge in [-0.05, 0) is 55.5 Å². The van der Waals surface area contributed by atoms with Crippen molar-refractivity contribution in [2.24, 2.45) is 5.73 Å². The number of carbonyl (C=O) groups is 2. The molecule has 0 saturated carbocycles. The third-order valence-electron chi connectivity index (χ3n) is 5.12. The summed E-state index contributed by atoms with van der Waals surface area (Å²) in [5.41, 5.74) is 7.46. The van der Waals surface area contributed by atoms with Crippen LogP contribution in [0.3, 0.4) is 0 Å². The van der Waals surface area contributed by atoms with Crippen LogP contribution in [-0.2, 0) is 4.79 Å². The number of nitrogens with zero attached hydrogens (tertiary/aromatic N) is 2. The minimum atomic E-state index is -0.485. The van der Waals surface area contributed by atoms with Crippen molar-refractivity contribution < 1.29 is 14.3 Å². The van der Waals surface area contributed by atoms with E-state index in [4.69, 9.17) is 10.5 Å². The first kappa shape index (κ1) is 19.7. The van der Waals surface area contributed by atoms with Crippen molar-refractivity contribution in [3.8, 4) is 5.75 Å². The van der Waals surface area contributed by atoms with E-state index >= 15 is 0 Å². The summed E-state index contributed by atoms with van der Waals surface area (Å²) in [7, 11) is 1.66. The molecule has 1 aliphatic heterocycles. The van der Waals surface area contributed by atoms with Crippen molar-refractivity contribution in [3.63, 3.8) is 0 Å². The molecule has 0 aromatic heterocycles. The summed E-state index contributed by atoms with van der Waals surface area (Å²) in [6.07, 6.45) is 0. The number of amides is 2. The largest absolute Gasteiger partial charge is 0.497 e. The molecule has 0 unspecified atom stereocenters. The molecular formula is C21H26N4O3. The third-order valence-corrected chi connectivity index (χ3v) is 5.12. The first-order chi connectivity index (χ1) is 13.5. The number of benzene rings is 2. The molecule has 3 N–H and O–H groups in total. The van der Waals surface area contributed by atoms with Gasteiger partial charge in [-0.15, -0.1) is 0 Å². The van der Waals surface area contributed by atoms with Crippen molar-refractivity contribution in [1.82, 2.24) is 4.90 Å². The molecule has 0 spiro atoms. The highest BCUT2D eigenvalue weighted by atomic mass is 16.5. The van der Waals surface area contributed by atoms with Crippen LogP contribution in [0.15, 0.2) is 48.5 Å². The molecule has 0 bridgehead atoms. The highest BCUT2D eigenvalue weighted by molar-refractivity contribution is 5.96. The Morgan fingerprint density at radius 1 is 1.00 bits per heavy atom.